The summed E-state index contributed by atoms with van der Waals surface area (Å²) in [5, 5.41) is 11.7. The molecule has 2 aliphatic carbocycles. The Hall–Kier alpha value is -2.14. The van der Waals surface area contributed by atoms with E-state index in [1.54, 1.807) is 22.5 Å². The predicted molar refractivity (Wildman–Crippen MR) is 131 cm³/mol. The Kier molecular flexibility index (Phi) is 5.43. The summed E-state index contributed by atoms with van der Waals surface area (Å²) in [6, 6.07) is 8.68. The molecule has 1 fully saturated rings. The van der Waals surface area contributed by atoms with Gasteiger partial charge >= 0.3 is 0 Å². The van der Waals surface area contributed by atoms with Crippen LogP contribution in [0.15, 0.2) is 35.8 Å². The Bertz CT molecular complexity index is 1100. The number of nitrogens with zero attached hydrogens (tertiary/aromatic N) is 3. The summed E-state index contributed by atoms with van der Waals surface area (Å²) in [6.07, 6.45) is 8.40. The molecule has 32 heavy (non-hydrogen) atoms. The van der Waals surface area contributed by atoms with Gasteiger partial charge in [0.05, 0.1) is 6.20 Å². The lowest BCUT2D eigenvalue weighted by Crippen LogP contribution is -2.48. The quantitative estimate of drug-likeness (QED) is 0.418. The fraction of sp³-hybridized carbons (Fsp3) is 0.556. The van der Waals surface area contributed by atoms with E-state index in [2.05, 4.69) is 57.1 Å². The molecule has 5 heteroatoms. The van der Waals surface area contributed by atoms with E-state index in [-0.39, 0.29) is 5.41 Å². The second-order valence-electron chi connectivity index (χ2n) is 10.9. The van der Waals surface area contributed by atoms with Crippen molar-refractivity contribution in [1.29, 1.82) is 0 Å². The van der Waals surface area contributed by atoms with Crippen LogP contribution in [0, 0.1) is 11.3 Å². The second kappa shape index (κ2) is 8.02. The number of ether oxygens (including phenoxy) is 1. The molecule has 0 unspecified atom stereocenters. The van der Waals surface area contributed by atoms with Crippen LogP contribution in [0.1, 0.15) is 88.6 Å². The maximum atomic E-state index is 6.38. The van der Waals surface area contributed by atoms with Gasteiger partial charge in [0.25, 0.3) is 0 Å². The number of aromatic nitrogens is 3. The minimum Gasteiger partial charge on any atom is -0.487 e. The first-order chi connectivity index (χ1) is 15.3. The topological polar surface area (TPSA) is 39.9 Å². The summed E-state index contributed by atoms with van der Waals surface area (Å²) in [6.45, 7) is 12.6. The lowest BCUT2D eigenvalue weighted by atomic mass is 9.50. The average Bonchev–Trinajstić information content (AvgIpc) is 3.42. The van der Waals surface area contributed by atoms with Crippen LogP contribution in [0.3, 0.4) is 0 Å². The van der Waals surface area contributed by atoms with E-state index in [9.17, 15) is 0 Å². The number of benzene rings is 1. The molecule has 0 amide bonds. The zero-order chi connectivity index (χ0) is 22.5. The highest BCUT2D eigenvalue weighted by Crippen LogP contribution is 2.58. The fourth-order valence-corrected chi connectivity index (χ4v) is 7.32. The van der Waals surface area contributed by atoms with Crippen molar-refractivity contribution in [2.75, 3.05) is 0 Å². The molecule has 4 nitrogen and oxygen atoms in total. The van der Waals surface area contributed by atoms with Crippen molar-refractivity contribution in [2.24, 2.45) is 11.3 Å². The third kappa shape index (κ3) is 3.59. The Balaban J connectivity index is 1.44. The van der Waals surface area contributed by atoms with E-state index in [1.165, 1.54) is 31.2 Å². The number of hydrogen-bond acceptors (Lipinski definition) is 4. The zero-order valence-corrected chi connectivity index (χ0v) is 20.8. The van der Waals surface area contributed by atoms with E-state index in [0.717, 1.165) is 28.8 Å². The van der Waals surface area contributed by atoms with Gasteiger partial charge in [-0.25, -0.2) is 4.68 Å². The van der Waals surface area contributed by atoms with Crippen molar-refractivity contribution in [3.63, 3.8) is 0 Å². The van der Waals surface area contributed by atoms with Crippen LogP contribution in [0.5, 0.6) is 5.75 Å². The van der Waals surface area contributed by atoms with Crippen LogP contribution < -0.4 is 4.74 Å². The first-order valence-corrected chi connectivity index (χ1v) is 12.9. The minimum atomic E-state index is 0.279. The second-order valence-corrected chi connectivity index (χ2v) is 11.8. The van der Waals surface area contributed by atoms with Gasteiger partial charge in [0.15, 0.2) is 0 Å². The molecule has 2 heterocycles. The summed E-state index contributed by atoms with van der Waals surface area (Å²) in [5.41, 5.74) is 6.09. The third-order valence-corrected chi connectivity index (χ3v) is 8.93. The number of rotatable bonds is 5. The molecule has 2 aliphatic rings. The van der Waals surface area contributed by atoms with Gasteiger partial charge in [-0.05, 0) is 83.1 Å². The maximum absolute atomic E-state index is 6.38. The average molecular weight is 450 g/mol. The van der Waals surface area contributed by atoms with E-state index in [4.69, 9.17) is 4.74 Å². The molecule has 3 aromatic rings. The predicted octanol–water partition coefficient (Wildman–Crippen LogP) is 7.06. The first kappa shape index (κ1) is 21.7. The molecule has 1 aromatic carbocycles. The summed E-state index contributed by atoms with van der Waals surface area (Å²) in [4.78, 5) is 0. The van der Waals surface area contributed by atoms with Crippen LogP contribution in [0.25, 0.3) is 5.00 Å². The van der Waals surface area contributed by atoms with Gasteiger partial charge < -0.3 is 4.74 Å². The van der Waals surface area contributed by atoms with E-state index < -0.39 is 0 Å². The molecule has 0 saturated heterocycles. The van der Waals surface area contributed by atoms with Crippen LogP contribution in [-0.4, -0.2) is 15.0 Å². The molecule has 170 valence electrons. The summed E-state index contributed by atoms with van der Waals surface area (Å²) >= 11 is 1.65. The van der Waals surface area contributed by atoms with Crippen molar-refractivity contribution in [1.82, 2.24) is 15.0 Å². The lowest BCUT2D eigenvalue weighted by molar-refractivity contribution is 0.0404. The van der Waals surface area contributed by atoms with Crippen molar-refractivity contribution in [2.45, 2.75) is 84.7 Å². The number of fused-ring (bicyclic) bond motifs is 3. The van der Waals surface area contributed by atoms with Crippen LogP contribution in [0.2, 0.25) is 0 Å². The summed E-state index contributed by atoms with van der Waals surface area (Å²) in [7, 11) is 0. The highest BCUT2D eigenvalue weighted by Gasteiger charge is 2.50. The molecule has 5 rings (SSSR count). The molecule has 2 atom stereocenters. The van der Waals surface area contributed by atoms with Crippen molar-refractivity contribution in [3.8, 4) is 10.8 Å². The van der Waals surface area contributed by atoms with Crippen molar-refractivity contribution < 1.29 is 4.74 Å². The Morgan fingerprint density at radius 2 is 2.03 bits per heavy atom. The summed E-state index contributed by atoms with van der Waals surface area (Å²) in [5.74, 6) is 2.20. The van der Waals surface area contributed by atoms with E-state index in [1.807, 2.05) is 28.4 Å². The van der Waals surface area contributed by atoms with Gasteiger partial charge in [-0.1, -0.05) is 52.3 Å². The molecular weight excluding hydrogens is 414 g/mol. The van der Waals surface area contributed by atoms with Crippen LogP contribution in [-0.2, 0) is 18.4 Å². The molecule has 0 N–H and O–H groups in total. The normalized spacial score (nSPS) is 24.2. The van der Waals surface area contributed by atoms with Crippen molar-refractivity contribution in [3.05, 3.63) is 58.2 Å². The molecule has 0 aliphatic heterocycles. The number of thiophene rings is 1. The first-order valence-electron chi connectivity index (χ1n) is 12.0. The van der Waals surface area contributed by atoms with Crippen molar-refractivity contribution >= 4 is 11.3 Å². The number of hydrogen-bond donors (Lipinski definition) is 0. The van der Waals surface area contributed by atoms with Gasteiger partial charge in [-0.2, -0.15) is 0 Å². The van der Waals surface area contributed by atoms with Gasteiger partial charge in [0.1, 0.15) is 23.1 Å². The molecule has 0 bridgehead atoms. The standard InChI is InChI=1S/C27H35N3OS/c1-18(2)25-20-9-12-23-26(3,4)13-7-14-27(23,5)21(20)10-11-22(25)31-17-19-16-30(29-28-19)24-8-6-15-32-24/h6,8,10-11,15-16,18,23H,7,9,12-14,17H2,1-5H3/t23-,27+/m0/s1. The largest absolute Gasteiger partial charge is 0.487 e. The van der Waals surface area contributed by atoms with Gasteiger partial charge in [0, 0.05) is 5.56 Å². The van der Waals surface area contributed by atoms with Gasteiger partial charge in [-0.3, -0.25) is 0 Å². The smallest absolute Gasteiger partial charge is 0.134 e. The Morgan fingerprint density at radius 1 is 1.19 bits per heavy atom. The maximum Gasteiger partial charge on any atom is 0.134 e. The molecule has 0 spiro atoms. The molecule has 2 aromatic heterocycles. The van der Waals surface area contributed by atoms with E-state index >= 15 is 0 Å². The Morgan fingerprint density at radius 3 is 2.78 bits per heavy atom. The van der Waals surface area contributed by atoms with Gasteiger partial charge in [-0.15, -0.1) is 16.4 Å². The molecular formula is C27H35N3OS. The van der Waals surface area contributed by atoms with Crippen LogP contribution >= 0.6 is 11.3 Å². The highest BCUT2D eigenvalue weighted by atomic mass is 32.1. The SMILES string of the molecule is CC(C)c1c(OCc2cn(-c3cccs3)nn2)ccc2c1CC[C@H]1C(C)(C)CCC[C@]21C. The van der Waals surface area contributed by atoms with Crippen LogP contribution in [0.4, 0.5) is 0 Å². The highest BCUT2D eigenvalue weighted by molar-refractivity contribution is 7.12. The lowest BCUT2D eigenvalue weighted by Gasteiger charge is -2.54. The monoisotopic (exact) mass is 449 g/mol. The minimum absolute atomic E-state index is 0.279. The summed E-state index contributed by atoms with van der Waals surface area (Å²) < 4.78 is 8.20. The Labute approximate surface area is 196 Å². The third-order valence-electron chi connectivity index (χ3n) is 8.07. The molecule has 0 radical (unpaired) electrons. The molecule has 1 saturated carbocycles. The van der Waals surface area contributed by atoms with E-state index in [0.29, 0.717) is 17.9 Å². The fourth-order valence-electron chi connectivity index (χ4n) is 6.67. The zero-order valence-electron chi connectivity index (χ0n) is 20.0. The van der Waals surface area contributed by atoms with Gasteiger partial charge in [0.2, 0.25) is 0 Å².